The topological polar surface area (TPSA) is 23.1 Å². The molecular weight excluding hydrogens is 167 g/mol. The number of hydrogen-bond donors (Lipinski definition) is 0. The fourth-order valence-electron chi connectivity index (χ4n) is 0.873. The zero-order chi connectivity index (χ0) is 7.82. The average Bonchev–Trinajstić information content (AvgIpc) is 1.87. The Morgan fingerprint density at radius 1 is 1.18 bits per heavy atom. The molecule has 0 aliphatic rings. The molecule has 0 aliphatic carbocycles. The second kappa shape index (κ2) is 10.9. The molecule has 3 heteroatoms. The molecule has 0 atom stereocenters. The number of rotatable bonds is 6. The van der Waals surface area contributed by atoms with Crippen LogP contribution in [0.2, 0.25) is 0 Å². The summed E-state index contributed by atoms with van der Waals surface area (Å²) in [5, 5.41) is 10.2. The van der Waals surface area contributed by atoms with Gasteiger partial charge in [-0.2, -0.15) is 0 Å². The van der Waals surface area contributed by atoms with E-state index in [-0.39, 0.29) is 34.6 Å². The summed E-state index contributed by atoms with van der Waals surface area (Å²) in [6.07, 6.45) is 6.53. The minimum atomic E-state index is -0.0866. The van der Waals surface area contributed by atoms with Gasteiger partial charge in [-0.25, -0.2) is 0 Å². The van der Waals surface area contributed by atoms with Crippen molar-refractivity contribution in [1.29, 1.82) is 0 Å². The summed E-state index contributed by atoms with van der Waals surface area (Å²) in [7, 11) is 0. The molecule has 11 heavy (non-hydrogen) atoms. The summed E-state index contributed by atoms with van der Waals surface area (Å²) in [6, 6.07) is 0. The number of thiocarbonyl (C=S) groups is 1. The molecule has 0 rings (SSSR count). The molecule has 0 unspecified atom stereocenters. The third-order valence-electron chi connectivity index (χ3n) is 1.48. The maximum atomic E-state index is 10.3. The van der Waals surface area contributed by atoms with Crippen LogP contribution in [0.25, 0.3) is 0 Å². The molecule has 0 radical (unpaired) electrons. The van der Waals surface area contributed by atoms with Crippen LogP contribution in [0.4, 0.5) is 0 Å². The first kappa shape index (κ1) is 14.4. The molecule has 0 aromatic carbocycles. The van der Waals surface area contributed by atoms with Crippen molar-refractivity contribution >= 4 is 17.3 Å². The molecule has 0 amide bonds. The van der Waals surface area contributed by atoms with Crippen LogP contribution >= 0.6 is 12.2 Å². The molecule has 0 aromatic heterocycles. The van der Waals surface area contributed by atoms with E-state index >= 15 is 0 Å². The molecule has 0 aromatic rings. The van der Waals surface area contributed by atoms with E-state index in [1.807, 2.05) is 0 Å². The molecule has 0 bridgehead atoms. The predicted molar refractivity (Wildman–Crippen MR) is 46.0 cm³/mol. The maximum absolute atomic E-state index is 10.3. The zero-order valence-corrected chi connectivity index (χ0v) is 10.4. The van der Waals surface area contributed by atoms with Crippen LogP contribution in [-0.4, -0.2) is 5.05 Å². The molecule has 0 saturated carbocycles. The van der Waals surface area contributed by atoms with Gasteiger partial charge in [0, 0.05) is 0 Å². The van der Waals surface area contributed by atoms with E-state index in [0.29, 0.717) is 6.42 Å². The quantitative estimate of drug-likeness (QED) is 0.300. The van der Waals surface area contributed by atoms with Gasteiger partial charge in [-0.3, -0.25) is 0 Å². The van der Waals surface area contributed by atoms with Crippen molar-refractivity contribution in [2.24, 2.45) is 0 Å². The first-order chi connectivity index (χ1) is 4.77. The van der Waals surface area contributed by atoms with Crippen molar-refractivity contribution in [3.05, 3.63) is 0 Å². The number of unbranched alkanes of at least 4 members (excludes halogenated alkanes) is 4. The van der Waals surface area contributed by atoms with Gasteiger partial charge >= 0.3 is 29.6 Å². The normalized spacial score (nSPS) is 8.82. The van der Waals surface area contributed by atoms with E-state index in [1.165, 1.54) is 19.3 Å². The molecule has 0 fully saturated rings. The first-order valence-corrected chi connectivity index (χ1v) is 4.38. The van der Waals surface area contributed by atoms with E-state index in [4.69, 9.17) is 0 Å². The van der Waals surface area contributed by atoms with Crippen molar-refractivity contribution in [1.82, 2.24) is 0 Å². The van der Waals surface area contributed by atoms with Gasteiger partial charge in [-0.1, -0.05) is 37.7 Å². The molecule has 60 valence electrons. The fourth-order valence-corrected chi connectivity index (χ4v) is 1.02. The van der Waals surface area contributed by atoms with Crippen molar-refractivity contribution in [2.75, 3.05) is 0 Å². The van der Waals surface area contributed by atoms with Crippen LogP contribution in [0.3, 0.4) is 0 Å². The van der Waals surface area contributed by atoms with Gasteiger partial charge in [0.15, 0.2) is 0 Å². The van der Waals surface area contributed by atoms with E-state index < -0.39 is 0 Å². The Balaban J connectivity index is 0. The minimum absolute atomic E-state index is 0. The standard InChI is InChI=1S/C8H16OS.Na/c1-2-3-4-5-6-7-8(9)10;/h2-7H2,1H3,(H,9,10);/q;+1/p-1. The third kappa shape index (κ3) is 13.8. The summed E-state index contributed by atoms with van der Waals surface area (Å²) in [5.41, 5.74) is 0. The van der Waals surface area contributed by atoms with Crippen molar-refractivity contribution in [3.63, 3.8) is 0 Å². The summed E-state index contributed by atoms with van der Waals surface area (Å²) < 4.78 is 0. The first-order valence-electron chi connectivity index (χ1n) is 3.97. The Labute approximate surface area is 96.9 Å². The van der Waals surface area contributed by atoms with Crippen LogP contribution in [0.15, 0.2) is 0 Å². The van der Waals surface area contributed by atoms with Gasteiger partial charge in [0.25, 0.3) is 0 Å². The van der Waals surface area contributed by atoms with Crippen LogP contribution in [-0.2, 0) is 0 Å². The van der Waals surface area contributed by atoms with Gasteiger partial charge in [0.1, 0.15) is 0 Å². The maximum Gasteiger partial charge on any atom is 1.00 e. The van der Waals surface area contributed by atoms with Gasteiger partial charge in [-0.05, 0) is 12.8 Å². The van der Waals surface area contributed by atoms with E-state index in [9.17, 15) is 5.11 Å². The zero-order valence-electron chi connectivity index (χ0n) is 7.56. The van der Waals surface area contributed by atoms with E-state index in [1.54, 1.807) is 0 Å². The van der Waals surface area contributed by atoms with E-state index in [2.05, 4.69) is 19.1 Å². The second-order valence-corrected chi connectivity index (χ2v) is 2.99. The largest absolute Gasteiger partial charge is 1.00 e. The Hall–Kier alpha value is 0.890. The Morgan fingerprint density at radius 3 is 2.18 bits per heavy atom. The summed E-state index contributed by atoms with van der Waals surface area (Å²) in [4.78, 5) is 0. The Morgan fingerprint density at radius 2 is 1.73 bits per heavy atom. The Kier molecular flexibility index (Phi) is 14.3. The monoisotopic (exact) mass is 182 g/mol. The van der Waals surface area contributed by atoms with Gasteiger partial charge in [0.2, 0.25) is 0 Å². The smallest absolute Gasteiger partial charge is 0.867 e. The molecule has 0 spiro atoms. The minimum Gasteiger partial charge on any atom is -0.867 e. The molecule has 0 N–H and O–H groups in total. The van der Waals surface area contributed by atoms with Gasteiger partial charge in [-0.15, -0.1) is 12.2 Å². The van der Waals surface area contributed by atoms with Crippen LogP contribution in [0, 0.1) is 0 Å². The van der Waals surface area contributed by atoms with Crippen LogP contribution in [0.5, 0.6) is 0 Å². The molecular formula is C8H15NaOS. The van der Waals surface area contributed by atoms with Gasteiger partial charge in [0.05, 0.1) is 0 Å². The summed E-state index contributed by atoms with van der Waals surface area (Å²) in [6.45, 7) is 2.18. The van der Waals surface area contributed by atoms with Crippen molar-refractivity contribution in [2.45, 2.75) is 45.4 Å². The van der Waals surface area contributed by atoms with Crippen molar-refractivity contribution < 1.29 is 34.7 Å². The molecule has 0 heterocycles. The summed E-state index contributed by atoms with van der Waals surface area (Å²) >= 11 is 4.42. The summed E-state index contributed by atoms with van der Waals surface area (Å²) in [5.74, 6) is 0. The van der Waals surface area contributed by atoms with Crippen LogP contribution in [0.1, 0.15) is 45.4 Å². The Bertz CT molecular complexity index is 96.1. The third-order valence-corrected chi connectivity index (χ3v) is 1.69. The predicted octanol–water partition coefficient (Wildman–Crippen LogP) is -0.961. The molecule has 0 aliphatic heterocycles. The fraction of sp³-hybridized carbons (Fsp3) is 0.875. The number of hydrogen-bond acceptors (Lipinski definition) is 2. The van der Waals surface area contributed by atoms with E-state index in [0.717, 1.165) is 12.8 Å². The SMILES string of the molecule is CCCCCCCC([O-])=S.[Na+]. The van der Waals surface area contributed by atoms with Gasteiger partial charge < -0.3 is 5.11 Å². The molecule has 1 nitrogen and oxygen atoms in total. The van der Waals surface area contributed by atoms with Crippen molar-refractivity contribution in [3.8, 4) is 0 Å². The van der Waals surface area contributed by atoms with Crippen LogP contribution < -0.4 is 34.7 Å². The molecule has 0 saturated heterocycles. The second-order valence-electron chi connectivity index (χ2n) is 2.54. The average molecular weight is 182 g/mol.